The summed E-state index contributed by atoms with van der Waals surface area (Å²) in [4.78, 5) is 16.9. The molecule has 162 valence electrons. The number of amides is 1. The Morgan fingerprint density at radius 1 is 1.26 bits per heavy atom. The van der Waals surface area contributed by atoms with Crippen LogP contribution in [0.5, 0.6) is 0 Å². The van der Waals surface area contributed by atoms with Gasteiger partial charge in [0.05, 0.1) is 11.6 Å². The molecule has 4 rings (SSSR count). The molecule has 1 aromatic heterocycles. The lowest BCUT2D eigenvalue weighted by Crippen LogP contribution is -2.32. The molecule has 4 N–H and O–H groups in total. The van der Waals surface area contributed by atoms with Crippen molar-refractivity contribution in [3.63, 3.8) is 0 Å². The fraction of sp³-hybridized carbons (Fsp3) is 0.292. The molecule has 1 aliphatic rings. The molecule has 0 saturated carbocycles. The zero-order chi connectivity index (χ0) is 21.8. The number of hydroxylamine groups is 1. The molecule has 1 atom stereocenters. The highest BCUT2D eigenvalue weighted by Crippen LogP contribution is 2.41. The molecule has 1 heterocycles. The van der Waals surface area contributed by atoms with E-state index in [1.165, 1.54) is 22.6 Å². The van der Waals surface area contributed by atoms with Gasteiger partial charge in [-0.05, 0) is 53.7 Å². The van der Waals surface area contributed by atoms with Crippen molar-refractivity contribution in [2.24, 2.45) is 0 Å². The molecule has 1 aliphatic carbocycles. The van der Waals surface area contributed by atoms with E-state index < -0.39 is 5.91 Å². The van der Waals surface area contributed by atoms with E-state index in [9.17, 15) is 9.90 Å². The van der Waals surface area contributed by atoms with E-state index in [1.54, 1.807) is 11.6 Å². The topological polar surface area (TPSA) is 88.6 Å². The number of hydrogen-bond donors (Lipinski definition) is 4. The molecule has 1 unspecified atom stereocenters. The van der Waals surface area contributed by atoms with Crippen LogP contribution in [0.3, 0.4) is 0 Å². The Morgan fingerprint density at radius 2 is 2.10 bits per heavy atom. The van der Waals surface area contributed by atoms with Crippen molar-refractivity contribution in [2.75, 3.05) is 19.7 Å². The van der Waals surface area contributed by atoms with Gasteiger partial charge >= 0.3 is 0 Å². The predicted octanol–water partition coefficient (Wildman–Crippen LogP) is 3.86. The maximum absolute atomic E-state index is 11.3. The monoisotopic (exact) mass is 439 g/mol. The Labute approximate surface area is 186 Å². The number of aliphatic hydroxyl groups is 1. The largest absolute Gasteiger partial charge is 0.395 e. The molecule has 0 saturated heterocycles. The minimum absolute atomic E-state index is 0.102. The van der Waals surface area contributed by atoms with E-state index >= 15 is 0 Å². The van der Waals surface area contributed by atoms with E-state index in [-0.39, 0.29) is 12.6 Å². The summed E-state index contributed by atoms with van der Waals surface area (Å²) < 4.78 is 0. The number of nitrogens with one attached hydrogen (secondary N) is 2. The molecule has 6 nitrogen and oxygen atoms in total. The van der Waals surface area contributed by atoms with Gasteiger partial charge in [0, 0.05) is 42.3 Å². The molecular weight excluding hydrogens is 414 g/mol. The molecule has 3 aromatic rings. The lowest BCUT2D eigenvalue weighted by molar-refractivity contribution is -0.124. The zero-order valence-electron chi connectivity index (χ0n) is 17.1. The first-order valence-electron chi connectivity index (χ1n) is 10.5. The maximum atomic E-state index is 11.3. The maximum Gasteiger partial charge on any atom is 0.267 e. The van der Waals surface area contributed by atoms with Gasteiger partial charge in [0.1, 0.15) is 0 Å². The average Bonchev–Trinajstić information content (AvgIpc) is 3.41. The highest BCUT2D eigenvalue weighted by Gasteiger charge is 2.29. The highest BCUT2D eigenvalue weighted by atomic mass is 35.5. The number of hydrogen-bond acceptors (Lipinski definition) is 4. The van der Waals surface area contributed by atoms with E-state index in [4.69, 9.17) is 16.8 Å². The summed E-state index contributed by atoms with van der Waals surface area (Å²) >= 11 is 6.63. The first kappa shape index (κ1) is 21.6. The fourth-order valence-electron chi connectivity index (χ4n) is 4.52. The smallest absolute Gasteiger partial charge is 0.267 e. The van der Waals surface area contributed by atoms with Crippen molar-refractivity contribution < 1.29 is 15.1 Å². The summed E-state index contributed by atoms with van der Waals surface area (Å²) in [6.07, 6.45) is 7.60. The molecular formula is C24H26ClN3O3. The van der Waals surface area contributed by atoms with E-state index in [2.05, 4.69) is 40.3 Å². The van der Waals surface area contributed by atoms with E-state index in [0.717, 1.165) is 42.5 Å². The summed E-state index contributed by atoms with van der Waals surface area (Å²) in [5.41, 5.74) is 7.01. The quantitative estimate of drug-likeness (QED) is 0.244. The summed E-state index contributed by atoms with van der Waals surface area (Å²) in [6.45, 7) is 1.54. The molecule has 0 spiro atoms. The number of para-hydroxylation sites is 1. The Bertz CT molecular complexity index is 1110. The molecule has 31 heavy (non-hydrogen) atoms. The number of H-pyrrole nitrogens is 1. The van der Waals surface area contributed by atoms with Gasteiger partial charge in [-0.15, -0.1) is 0 Å². The molecule has 0 aliphatic heterocycles. The van der Waals surface area contributed by atoms with E-state index in [0.29, 0.717) is 11.6 Å². The summed E-state index contributed by atoms with van der Waals surface area (Å²) in [7, 11) is 0. The first-order valence-corrected chi connectivity index (χ1v) is 10.8. The molecule has 7 heteroatoms. The number of benzene rings is 2. The van der Waals surface area contributed by atoms with Crippen molar-refractivity contribution in [3.8, 4) is 0 Å². The third-order valence-electron chi connectivity index (χ3n) is 6.03. The zero-order valence-corrected chi connectivity index (χ0v) is 17.9. The fourth-order valence-corrected chi connectivity index (χ4v) is 4.85. The van der Waals surface area contributed by atoms with Crippen LogP contribution in [0, 0.1) is 0 Å². The Morgan fingerprint density at radius 3 is 2.90 bits per heavy atom. The van der Waals surface area contributed by atoms with Crippen molar-refractivity contribution in [1.82, 2.24) is 15.4 Å². The Balaban J connectivity index is 1.53. The van der Waals surface area contributed by atoms with E-state index in [1.807, 2.05) is 12.1 Å². The summed E-state index contributed by atoms with van der Waals surface area (Å²) in [6, 6.07) is 12.5. The van der Waals surface area contributed by atoms with Gasteiger partial charge in [0.15, 0.2) is 0 Å². The van der Waals surface area contributed by atoms with Crippen molar-refractivity contribution in [3.05, 3.63) is 75.9 Å². The first-order chi connectivity index (χ1) is 15.1. The standard InChI is InChI=1S/C24H26ClN3O3/c25-24-16(6-10-23(30)27-31)5-7-19-20(24)8-9-22(19)28(13-14-29)12-11-17-15-26-21-4-2-1-3-18(17)21/h1-7,10,15,22,26,29,31H,8-9,11-14H2,(H,27,30)/b10-6+. The molecule has 1 amide bonds. The summed E-state index contributed by atoms with van der Waals surface area (Å²) in [5.74, 6) is -0.596. The van der Waals surface area contributed by atoms with Crippen LogP contribution in [0.1, 0.15) is 34.7 Å². The van der Waals surface area contributed by atoms with Crippen LogP contribution < -0.4 is 5.48 Å². The number of fused-ring (bicyclic) bond motifs is 2. The van der Waals surface area contributed by atoms with Crippen LogP contribution in [0.25, 0.3) is 17.0 Å². The highest BCUT2D eigenvalue weighted by molar-refractivity contribution is 6.33. The number of nitrogens with zero attached hydrogens (tertiary/aromatic N) is 1. The van der Waals surface area contributed by atoms with Crippen LogP contribution in [-0.2, 0) is 17.6 Å². The lowest BCUT2D eigenvalue weighted by Gasteiger charge is -2.29. The second kappa shape index (κ2) is 9.66. The molecule has 0 bridgehead atoms. The van der Waals surface area contributed by atoms with Crippen LogP contribution in [0.2, 0.25) is 5.02 Å². The SMILES string of the molecule is O=C(/C=C/c1ccc2c(c1Cl)CCC2N(CCO)CCc1c[nH]c2ccccc12)NO. The minimum atomic E-state index is -0.596. The average molecular weight is 440 g/mol. The van der Waals surface area contributed by atoms with Gasteiger partial charge in [0.2, 0.25) is 0 Å². The van der Waals surface area contributed by atoms with Crippen LogP contribution >= 0.6 is 11.6 Å². The number of halogens is 1. The third-order valence-corrected chi connectivity index (χ3v) is 6.48. The normalized spacial score (nSPS) is 15.8. The van der Waals surface area contributed by atoms with Gasteiger partial charge in [-0.1, -0.05) is 41.9 Å². The number of aromatic nitrogens is 1. The number of rotatable bonds is 8. The Kier molecular flexibility index (Phi) is 6.73. The van der Waals surface area contributed by atoms with Gasteiger partial charge in [-0.25, -0.2) is 5.48 Å². The summed E-state index contributed by atoms with van der Waals surface area (Å²) in [5, 5.41) is 20.2. The van der Waals surface area contributed by atoms with Gasteiger partial charge in [-0.2, -0.15) is 0 Å². The van der Waals surface area contributed by atoms with Crippen LogP contribution in [-0.4, -0.2) is 45.8 Å². The van der Waals surface area contributed by atoms with Gasteiger partial charge in [-0.3, -0.25) is 14.9 Å². The van der Waals surface area contributed by atoms with Crippen LogP contribution in [0.15, 0.2) is 48.7 Å². The van der Waals surface area contributed by atoms with Crippen molar-refractivity contribution in [2.45, 2.75) is 25.3 Å². The van der Waals surface area contributed by atoms with Gasteiger partial charge in [0.25, 0.3) is 5.91 Å². The number of aromatic amines is 1. The number of aliphatic hydroxyl groups excluding tert-OH is 1. The second-order valence-corrected chi connectivity index (χ2v) is 8.15. The van der Waals surface area contributed by atoms with Crippen LogP contribution in [0.4, 0.5) is 0 Å². The predicted molar refractivity (Wildman–Crippen MR) is 122 cm³/mol. The lowest BCUT2D eigenvalue weighted by atomic mass is 10.0. The molecule has 0 fully saturated rings. The second-order valence-electron chi connectivity index (χ2n) is 7.77. The minimum Gasteiger partial charge on any atom is -0.395 e. The third kappa shape index (κ3) is 4.52. The number of carbonyl (C=O) groups is 1. The Hall–Kier alpha value is -2.64. The molecule has 0 radical (unpaired) electrons. The van der Waals surface area contributed by atoms with Gasteiger partial charge < -0.3 is 10.1 Å². The van der Waals surface area contributed by atoms with Crippen molar-refractivity contribution >= 4 is 34.5 Å². The van der Waals surface area contributed by atoms with Crippen molar-refractivity contribution in [1.29, 1.82) is 0 Å². The number of carbonyl (C=O) groups excluding carboxylic acids is 1. The molecule has 2 aromatic carbocycles.